The molecular formula is C34H39F3O4. The third-order valence-corrected chi connectivity index (χ3v) is 7.19. The maximum absolute atomic E-state index is 13.3. The molecule has 0 bridgehead atoms. The van der Waals surface area contributed by atoms with Crippen molar-refractivity contribution in [2.24, 2.45) is 0 Å². The Bertz CT molecular complexity index is 1260. The zero-order valence-electron chi connectivity index (χ0n) is 23.8. The van der Waals surface area contributed by atoms with Gasteiger partial charge in [-0.15, -0.1) is 0 Å². The molecule has 0 aliphatic carbocycles. The summed E-state index contributed by atoms with van der Waals surface area (Å²) in [6.07, 6.45) is 2.58. The van der Waals surface area contributed by atoms with Gasteiger partial charge in [-0.3, -0.25) is 0 Å². The van der Waals surface area contributed by atoms with Crippen molar-refractivity contribution < 1.29 is 32.6 Å². The molecule has 0 fully saturated rings. The number of alkyl halides is 3. The molecule has 0 saturated heterocycles. The Kier molecular flexibility index (Phi) is 12.0. The SMILES string of the molecule is CCCCCCCCCc1ccc(-c2ccc(C(=O)O)cc2)c(-c2ccc(C(=O)OC(CCC)C(F)(F)F)cc2)c1. The minimum absolute atomic E-state index is 0.0469. The monoisotopic (exact) mass is 568 g/mol. The summed E-state index contributed by atoms with van der Waals surface area (Å²) in [5.41, 5.74) is 4.81. The number of carboxylic acid groups (broad SMARTS) is 1. The van der Waals surface area contributed by atoms with E-state index < -0.39 is 24.2 Å². The molecule has 0 saturated carbocycles. The van der Waals surface area contributed by atoms with Gasteiger partial charge in [-0.2, -0.15) is 13.2 Å². The zero-order chi connectivity index (χ0) is 29.8. The van der Waals surface area contributed by atoms with Crippen molar-refractivity contribution in [3.05, 3.63) is 83.4 Å². The van der Waals surface area contributed by atoms with E-state index in [4.69, 9.17) is 4.74 Å². The summed E-state index contributed by atoms with van der Waals surface area (Å²) in [6, 6.07) is 19.2. The second kappa shape index (κ2) is 15.4. The Balaban J connectivity index is 1.85. The Hall–Kier alpha value is -3.61. The van der Waals surface area contributed by atoms with E-state index in [-0.39, 0.29) is 24.0 Å². The van der Waals surface area contributed by atoms with Gasteiger partial charge in [0.2, 0.25) is 0 Å². The number of hydrogen-bond donors (Lipinski definition) is 1. The van der Waals surface area contributed by atoms with Gasteiger partial charge >= 0.3 is 18.1 Å². The van der Waals surface area contributed by atoms with Crippen LogP contribution in [0.1, 0.15) is 97.9 Å². The Morgan fingerprint density at radius 2 is 1.29 bits per heavy atom. The molecule has 0 amide bonds. The van der Waals surface area contributed by atoms with E-state index in [0.29, 0.717) is 0 Å². The van der Waals surface area contributed by atoms with Crippen LogP contribution < -0.4 is 0 Å². The lowest BCUT2D eigenvalue weighted by Crippen LogP contribution is -2.33. The van der Waals surface area contributed by atoms with Gasteiger partial charge in [-0.25, -0.2) is 9.59 Å². The molecule has 1 atom stereocenters. The van der Waals surface area contributed by atoms with E-state index in [2.05, 4.69) is 19.1 Å². The molecule has 7 heteroatoms. The highest BCUT2D eigenvalue weighted by atomic mass is 19.4. The first-order chi connectivity index (χ1) is 19.6. The van der Waals surface area contributed by atoms with Crippen LogP contribution in [-0.4, -0.2) is 29.3 Å². The molecule has 3 aromatic carbocycles. The number of ether oxygens (including phenoxy) is 1. The number of halogens is 3. The van der Waals surface area contributed by atoms with Crippen LogP contribution in [-0.2, 0) is 11.2 Å². The maximum Gasteiger partial charge on any atom is 0.425 e. The lowest BCUT2D eigenvalue weighted by molar-refractivity contribution is -0.206. The summed E-state index contributed by atoms with van der Waals surface area (Å²) in [5.74, 6) is -2.01. The molecule has 4 nitrogen and oxygen atoms in total. The highest BCUT2D eigenvalue weighted by Crippen LogP contribution is 2.34. The largest absolute Gasteiger partial charge is 0.478 e. The number of benzene rings is 3. The van der Waals surface area contributed by atoms with Crippen molar-refractivity contribution in [2.75, 3.05) is 0 Å². The summed E-state index contributed by atoms with van der Waals surface area (Å²) < 4.78 is 44.6. The second-order valence-corrected chi connectivity index (χ2v) is 10.4. The second-order valence-electron chi connectivity index (χ2n) is 10.4. The molecule has 1 N–H and O–H groups in total. The number of unbranched alkanes of at least 4 members (excludes halogenated alkanes) is 6. The van der Waals surface area contributed by atoms with E-state index in [9.17, 15) is 27.9 Å². The molecule has 0 aliphatic heterocycles. The topological polar surface area (TPSA) is 63.6 Å². The number of hydrogen-bond acceptors (Lipinski definition) is 3. The van der Waals surface area contributed by atoms with Gasteiger partial charge in [0.25, 0.3) is 0 Å². The van der Waals surface area contributed by atoms with Crippen LogP contribution in [0.3, 0.4) is 0 Å². The first-order valence-corrected chi connectivity index (χ1v) is 14.5. The predicted octanol–water partition coefficient (Wildman–Crippen LogP) is 9.90. The van der Waals surface area contributed by atoms with Gasteiger partial charge in [-0.05, 0) is 71.3 Å². The van der Waals surface area contributed by atoms with E-state index in [1.165, 1.54) is 44.2 Å². The third-order valence-electron chi connectivity index (χ3n) is 7.19. The number of aromatic carboxylic acids is 1. The highest BCUT2D eigenvalue weighted by Gasteiger charge is 2.42. The molecule has 0 heterocycles. The molecule has 0 aromatic heterocycles. The van der Waals surface area contributed by atoms with Crippen LogP contribution >= 0.6 is 0 Å². The van der Waals surface area contributed by atoms with Crippen molar-refractivity contribution in [3.8, 4) is 22.3 Å². The summed E-state index contributed by atoms with van der Waals surface area (Å²) >= 11 is 0. The Morgan fingerprint density at radius 1 is 0.732 bits per heavy atom. The molecule has 1 unspecified atom stereocenters. The average Bonchev–Trinajstić information content (AvgIpc) is 2.96. The normalized spacial score (nSPS) is 12.2. The quantitative estimate of drug-likeness (QED) is 0.146. The van der Waals surface area contributed by atoms with Gasteiger partial charge in [0.1, 0.15) is 0 Å². The fourth-order valence-electron chi connectivity index (χ4n) is 4.85. The van der Waals surface area contributed by atoms with Crippen molar-refractivity contribution in [2.45, 2.75) is 90.3 Å². The minimum Gasteiger partial charge on any atom is -0.478 e. The molecule has 3 rings (SSSR count). The van der Waals surface area contributed by atoms with Gasteiger partial charge in [0.05, 0.1) is 11.1 Å². The van der Waals surface area contributed by atoms with Crippen LogP contribution in [0.15, 0.2) is 66.7 Å². The Morgan fingerprint density at radius 3 is 1.85 bits per heavy atom. The standard InChI is InChI=1S/C34H39F3O4/c1-3-5-6-7-8-9-10-12-24-13-22-29(25-14-18-27(19-15-25)32(38)39)30(23-24)26-16-20-28(21-17-26)33(40)41-31(11-4-2)34(35,36)37/h13-23,31H,3-12H2,1-2H3,(H,38,39). The number of carbonyl (C=O) groups is 2. The minimum atomic E-state index is -4.62. The smallest absolute Gasteiger partial charge is 0.425 e. The lowest BCUT2D eigenvalue weighted by Gasteiger charge is -2.20. The van der Waals surface area contributed by atoms with E-state index in [0.717, 1.165) is 47.1 Å². The first kappa shape index (κ1) is 31.9. The molecule has 220 valence electrons. The van der Waals surface area contributed by atoms with Crippen molar-refractivity contribution in [1.29, 1.82) is 0 Å². The summed E-state index contributed by atoms with van der Waals surface area (Å²) in [7, 11) is 0. The van der Waals surface area contributed by atoms with Gasteiger partial charge in [-0.1, -0.05) is 101 Å². The van der Waals surface area contributed by atoms with Gasteiger partial charge < -0.3 is 9.84 Å². The summed E-state index contributed by atoms with van der Waals surface area (Å²) in [5, 5.41) is 9.28. The maximum atomic E-state index is 13.3. The highest BCUT2D eigenvalue weighted by molar-refractivity contribution is 5.92. The molecule has 0 radical (unpaired) electrons. The van der Waals surface area contributed by atoms with Crippen LogP contribution in [0.5, 0.6) is 0 Å². The molecule has 3 aromatic rings. The average molecular weight is 569 g/mol. The number of rotatable bonds is 15. The summed E-state index contributed by atoms with van der Waals surface area (Å²) in [6.45, 7) is 3.81. The lowest BCUT2D eigenvalue weighted by atomic mass is 9.91. The zero-order valence-corrected chi connectivity index (χ0v) is 23.8. The number of carbonyl (C=O) groups excluding carboxylic acids is 1. The van der Waals surface area contributed by atoms with Crippen LogP contribution in [0.4, 0.5) is 13.2 Å². The van der Waals surface area contributed by atoms with E-state index >= 15 is 0 Å². The van der Waals surface area contributed by atoms with Gasteiger partial charge in [0.15, 0.2) is 6.10 Å². The number of carboxylic acids is 1. The number of aryl methyl sites for hydroxylation is 1. The third kappa shape index (κ3) is 9.48. The van der Waals surface area contributed by atoms with Crippen LogP contribution in [0.25, 0.3) is 22.3 Å². The molecule has 41 heavy (non-hydrogen) atoms. The van der Waals surface area contributed by atoms with Crippen molar-refractivity contribution in [1.82, 2.24) is 0 Å². The summed E-state index contributed by atoms with van der Waals surface area (Å²) in [4.78, 5) is 23.8. The molecule has 0 aliphatic rings. The first-order valence-electron chi connectivity index (χ1n) is 14.5. The van der Waals surface area contributed by atoms with E-state index in [1.807, 2.05) is 6.07 Å². The molecule has 0 spiro atoms. The van der Waals surface area contributed by atoms with Crippen LogP contribution in [0, 0.1) is 0 Å². The fraction of sp³-hybridized carbons (Fsp3) is 0.412. The van der Waals surface area contributed by atoms with Crippen molar-refractivity contribution in [3.63, 3.8) is 0 Å². The molecular weight excluding hydrogens is 529 g/mol. The number of esters is 1. The predicted molar refractivity (Wildman–Crippen MR) is 156 cm³/mol. The van der Waals surface area contributed by atoms with E-state index in [1.54, 1.807) is 43.3 Å². The van der Waals surface area contributed by atoms with Crippen LogP contribution in [0.2, 0.25) is 0 Å². The van der Waals surface area contributed by atoms with Gasteiger partial charge in [0, 0.05) is 0 Å². The Labute approximate surface area is 240 Å². The fourth-order valence-corrected chi connectivity index (χ4v) is 4.85. The van der Waals surface area contributed by atoms with Crippen molar-refractivity contribution >= 4 is 11.9 Å².